The van der Waals surface area contributed by atoms with Gasteiger partial charge in [0.2, 0.25) is 17.7 Å². The molecule has 2 aromatic rings. The van der Waals surface area contributed by atoms with Crippen LogP contribution in [0.25, 0.3) is 11.1 Å². The lowest BCUT2D eigenvalue weighted by atomic mass is 9.98. The number of ether oxygens (including phenoxy) is 1. The zero-order valence-corrected chi connectivity index (χ0v) is 26.2. The summed E-state index contributed by atoms with van der Waals surface area (Å²) in [6.07, 6.45) is 7.63. The van der Waals surface area contributed by atoms with Crippen LogP contribution in [-0.4, -0.2) is 62.1 Å². The normalized spacial score (nSPS) is 13.3. The topological polar surface area (TPSA) is 192 Å². The highest BCUT2D eigenvalue weighted by Gasteiger charge is 2.31. The van der Waals surface area contributed by atoms with Gasteiger partial charge in [-0.3, -0.25) is 14.4 Å². The molecule has 0 saturated heterocycles. The molecule has 246 valence electrons. The molecule has 0 saturated carbocycles. The number of primary amides is 1. The van der Waals surface area contributed by atoms with Crippen molar-refractivity contribution in [1.82, 2.24) is 16.0 Å². The quantitative estimate of drug-likeness (QED) is 0.115. The third-order valence-electron chi connectivity index (χ3n) is 8.12. The Hall–Kier alpha value is -3.96. The molecule has 4 amide bonds. The van der Waals surface area contributed by atoms with Crippen molar-refractivity contribution in [1.29, 1.82) is 0 Å². The number of nitrogens with one attached hydrogen (secondary N) is 3. The summed E-state index contributed by atoms with van der Waals surface area (Å²) in [5.74, 6) is -1.95. The smallest absolute Gasteiger partial charge is 0.407 e. The first-order valence-corrected chi connectivity index (χ1v) is 16.2. The minimum atomic E-state index is -1.16. The van der Waals surface area contributed by atoms with Gasteiger partial charge in [0, 0.05) is 12.5 Å². The summed E-state index contributed by atoms with van der Waals surface area (Å²) in [7, 11) is 0. The van der Waals surface area contributed by atoms with Crippen LogP contribution < -0.4 is 33.2 Å². The molecule has 0 radical (unpaired) electrons. The van der Waals surface area contributed by atoms with E-state index >= 15 is 0 Å². The molecule has 0 aliphatic heterocycles. The Morgan fingerprint density at radius 3 is 1.84 bits per heavy atom. The molecule has 45 heavy (non-hydrogen) atoms. The Labute approximate surface area is 266 Å². The van der Waals surface area contributed by atoms with E-state index in [9.17, 15) is 19.2 Å². The van der Waals surface area contributed by atoms with E-state index in [0.29, 0.717) is 25.9 Å². The van der Waals surface area contributed by atoms with E-state index in [1.54, 1.807) is 0 Å². The Morgan fingerprint density at radius 1 is 0.689 bits per heavy atom. The molecule has 0 bridgehead atoms. The second kappa shape index (κ2) is 19.4. The summed E-state index contributed by atoms with van der Waals surface area (Å²) in [6, 6.07) is 13.9. The van der Waals surface area contributed by atoms with Crippen LogP contribution in [0.5, 0.6) is 0 Å². The molecule has 1 aliphatic carbocycles. The largest absolute Gasteiger partial charge is 0.449 e. The monoisotopic (exact) mass is 622 g/mol. The maximum atomic E-state index is 13.3. The summed E-state index contributed by atoms with van der Waals surface area (Å²) in [5.41, 5.74) is 20.9. The minimum Gasteiger partial charge on any atom is -0.449 e. The van der Waals surface area contributed by atoms with Gasteiger partial charge >= 0.3 is 6.09 Å². The number of alkyl carbamates (subject to hydrolysis) is 1. The lowest BCUT2D eigenvalue weighted by Crippen LogP contribution is -2.54. The minimum absolute atomic E-state index is 0.0946. The van der Waals surface area contributed by atoms with Crippen LogP contribution in [0.4, 0.5) is 4.79 Å². The summed E-state index contributed by atoms with van der Waals surface area (Å²) >= 11 is 0. The lowest BCUT2D eigenvalue weighted by molar-refractivity contribution is -0.132. The third-order valence-corrected chi connectivity index (χ3v) is 8.12. The van der Waals surface area contributed by atoms with Gasteiger partial charge in [-0.05, 0) is 67.4 Å². The number of hydrogen-bond donors (Lipinski definition) is 6. The van der Waals surface area contributed by atoms with Gasteiger partial charge in [0.1, 0.15) is 18.7 Å². The Balaban J connectivity index is 1.54. The zero-order chi connectivity index (χ0) is 32.4. The predicted molar refractivity (Wildman–Crippen MR) is 175 cm³/mol. The number of carbonyl (C=O) groups excluding carboxylic acids is 4. The van der Waals surface area contributed by atoms with E-state index in [-0.39, 0.29) is 25.4 Å². The average molecular weight is 623 g/mol. The number of nitrogens with two attached hydrogens (primary N) is 3. The van der Waals surface area contributed by atoms with Crippen molar-refractivity contribution in [3.63, 3.8) is 0 Å². The first-order chi connectivity index (χ1) is 21.8. The van der Waals surface area contributed by atoms with Crippen molar-refractivity contribution < 1.29 is 23.9 Å². The van der Waals surface area contributed by atoms with Crippen molar-refractivity contribution in [2.45, 2.75) is 88.6 Å². The highest BCUT2D eigenvalue weighted by atomic mass is 16.5. The summed E-state index contributed by atoms with van der Waals surface area (Å²) in [6.45, 7) is 1.66. The van der Waals surface area contributed by atoms with Crippen LogP contribution in [0.2, 0.25) is 0 Å². The van der Waals surface area contributed by atoms with Crippen LogP contribution in [0.1, 0.15) is 87.7 Å². The van der Waals surface area contributed by atoms with E-state index in [0.717, 1.165) is 73.7 Å². The molecule has 2 atom stereocenters. The maximum Gasteiger partial charge on any atom is 0.407 e. The van der Waals surface area contributed by atoms with Crippen LogP contribution in [0.15, 0.2) is 48.5 Å². The maximum absolute atomic E-state index is 13.3. The van der Waals surface area contributed by atoms with Crippen molar-refractivity contribution in [3.8, 4) is 11.1 Å². The number of rotatable bonds is 21. The molecule has 0 aromatic heterocycles. The second-order valence-corrected chi connectivity index (χ2v) is 11.6. The van der Waals surface area contributed by atoms with Crippen molar-refractivity contribution in [3.05, 3.63) is 59.7 Å². The number of unbranched alkanes of at least 4 members (excludes halogenated alkanes) is 7. The van der Waals surface area contributed by atoms with Gasteiger partial charge in [-0.1, -0.05) is 80.6 Å². The third kappa shape index (κ3) is 11.5. The van der Waals surface area contributed by atoms with Gasteiger partial charge in [-0.15, -0.1) is 0 Å². The van der Waals surface area contributed by atoms with Gasteiger partial charge in [0.05, 0.1) is 6.42 Å². The number of amides is 4. The van der Waals surface area contributed by atoms with Gasteiger partial charge in [0.25, 0.3) is 0 Å². The van der Waals surface area contributed by atoms with Crippen molar-refractivity contribution in [2.75, 3.05) is 26.2 Å². The second-order valence-electron chi connectivity index (χ2n) is 11.6. The van der Waals surface area contributed by atoms with Crippen LogP contribution >= 0.6 is 0 Å². The van der Waals surface area contributed by atoms with Gasteiger partial charge in [-0.2, -0.15) is 0 Å². The predicted octanol–water partition coefficient (Wildman–Crippen LogP) is 3.19. The molecule has 0 spiro atoms. The van der Waals surface area contributed by atoms with Crippen molar-refractivity contribution in [2.24, 2.45) is 17.2 Å². The molecule has 0 heterocycles. The van der Waals surface area contributed by atoms with Gasteiger partial charge in [0.15, 0.2) is 0 Å². The van der Waals surface area contributed by atoms with E-state index in [4.69, 9.17) is 21.9 Å². The molecule has 11 nitrogen and oxygen atoms in total. The van der Waals surface area contributed by atoms with E-state index in [1.807, 2.05) is 36.4 Å². The highest BCUT2D eigenvalue weighted by Crippen LogP contribution is 2.44. The molecule has 11 heteroatoms. The molecule has 2 aromatic carbocycles. The Morgan fingerprint density at radius 2 is 1.24 bits per heavy atom. The van der Waals surface area contributed by atoms with Crippen LogP contribution in [0.3, 0.4) is 0 Å². The fourth-order valence-electron chi connectivity index (χ4n) is 5.71. The van der Waals surface area contributed by atoms with E-state index < -0.39 is 35.9 Å². The molecule has 9 N–H and O–H groups in total. The molecule has 1 aliphatic rings. The number of benzene rings is 2. The molecule has 2 unspecified atom stereocenters. The molecular weight excluding hydrogens is 572 g/mol. The highest BCUT2D eigenvalue weighted by molar-refractivity contribution is 5.94. The van der Waals surface area contributed by atoms with Crippen molar-refractivity contribution >= 4 is 23.8 Å². The van der Waals surface area contributed by atoms with Crippen LogP contribution in [-0.2, 0) is 19.1 Å². The van der Waals surface area contributed by atoms with E-state index in [1.165, 1.54) is 0 Å². The lowest BCUT2D eigenvalue weighted by Gasteiger charge is -2.23. The first kappa shape index (κ1) is 35.5. The fraction of sp³-hybridized carbons (Fsp3) is 0.529. The van der Waals surface area contributed by atoms with Gasteiger partial charge in [-0.25, -0.2) is 4.79 Å². The van der Waals surface area contributed by atoms with Gasteiger partial charge < -0.3 is 37.9 Å². The zero-order valence-electron chi connectivity index (χ0n) is 26.2. The standard InChI is InChI=1S/C34H50N6O5/c35-19-11-4-2-1-3-5-13-21-38-32(42)30(22-31(37)41)39-33(43)29(18-10-12-20-36)40-34(44)45-23-28-26-16-8-6-14-24(26)25-15-7-9-17-27(25)28/h6-9,14-17,28-30H,1-5,10-13,18-23,35-36H2,(H2,37,41)(H,38,42)(H,39,43)(H,40,44). The number of fused-ring (bicyclic) bond motifs is 3. The summed E-state index contributed by atoms with van der Waals surface area (Å²) in [4.78, 5) is 50.9. The van der Waals surface area contributed by atoms with E-state index in [2.05, 4.69) is 28.1 Å². The summed E-state index contributed by atoms with van der Waals surface area (Å²) < 4.78 is 5.64. The SMILES string of the molecule is NCCCCCCCCCNC(=O)C(CC(N)=O)NC(=O)C(CCCCN)NC(=O)OCC1c2ccccc2-c2ccccc21. The molecule has 3 rings (SSSR count). The Kier molecular flexibility index (Phi) is 15.3. The fourth-order valence-corrected chi connectivity index (χ4v) is 5.71. The molecular formula is C34H50N6O5. The average Bonchev–Trinajstić information content (AvgIpc) is 3.35. The summed E-state index contributed by atoms with van der Waals surface area (Å²) in [5, 5.41) is 8.08. The Bertz CT molecular complexity index is 1210. The molecule has 0 fully saturated rings. The first-order valence-electron chi connectivity index (χ1n) is 16.2. The van der Waals surface area contributed by atoms with Crippen LogP contribution in [0, 0.1) is 0 Å². The number of hydrogen-bond acceptors (Lipinski definition) is 7. The number of carbonyl (C=O) groups is 4.